The summed E-state index contributed by atoms with van der Waals surface area (Å²) in [7, 11) is 2.69. The zero-order chi connectivity index (χ0) is 23.6. The Bertz CT molecular complexity index is 1120. The van der Waals surface area contributed by atoms with Crippen LogP contribution in [0, 0.1) is 0 Å². The highest BCUT2D eigenvalue weighted by Gasteiger charge is 2.51. The second-order valence-corrected chi connectivity index (χ2v) is 8.20. The Balaban J connectivity index is 1.58. The van der Waals surface area contributed by atoms with Crippen LogP contribution in [-0.2, 0) is 14.3 Å². The fraction of sp³-hybridized carbons (Fsp3) is 0.259. The third-order valence-electron chi connectivity index (χ3n) is 6.61. The molecule has 6 heteroatoms. The maximum absolute atomic E-state index is 13.1. The van der Waals surface area contributed by atoms with Crippen LogP contribution in [-0.4, -0.2) is 48.6 Å². The standard InChI is InChI=1S/C27H27NO5/c1-18(19-11-5-4-6-12-19)27(32-3,25(29)30)28(2)26(31)33-17-24-22-15-9-7-13-20(22)21-14-8-10-16-23(21)24/h4-16,18,24H,17H2,1-3H3,(H,29,30)/t18-,27+/m1/s1. The smallest absolute Gasteiger partial charge is 0.412 e. The van der Waals surface area contributed by atoms with Crippen LogP contribution >= 0.6 is 0 Å². The molecule has 33 heavy (non-hydrogen) atoms. The van der Waals surface area contributed by atoms with Crippen molar-refractivity contribution in [1.29, 1.82) is 0 Å². The van der Waals surface area contributed by atoms with E-state index in [4.69, 9.17) is 9.47 Å². The van der Waals surface area contributed by atoms with Gasteiger partial charge in [0.1, 0.15) is 6.61 Å². The van der Waals surface area contributed by atoms with Gasteiger partial charge in [-0.05, 0) is 27.8 Å². The quantitative estimate of drug-likeness (QED) is 0.512. The van der Waals surface area contributed by atoms with E-state index in [9.17, 15) is 14.7 Å². The SMILES string of the molecule is CO[C@](C(=O)O)([C@H](C)c1ccccc1)N(C)C(=O)OCC1c2ccccc2-c2ccccc21. The maximum Gasteiger partial charge on any atom is 0.412 e. The maximum atomic E-state index is 13.1. The van der Waals surface area contributed by atoms with Gasteiger partial charge in [0.05, 0.1) is 0 Å². The number of nitrogens with zero attached hydrogens (tertiary/aromatic N) is 1. The number of carbonyl (C=O) groups excluding carboxylic acids is 1. The van der Waals surface area contributed by atoms with E-state index in [-0.39, 0.29) is 12.5 Å². The molecule has 3 aromatic rings. The van der Waals surface area contributed by atoms with E-state index in [1.165, 1.54) is 14.2 Å². The summed E-state index contributed by atoms with van der Waals surface area (Å²) in [6, 6.07) is 25.2. The van der Waals surface area contributed by atoms with Gasteiger partial charge in [-0.2, -0.15) is 0 Å². The molecule has 3 aromatic carbocycles. The van der Waals surface area contributed by atoms with Crippen molar-refractivity contribution in [3.05, 3.63) is 95.6 Å². The molecule has 1 N–H and O–H groups in total. The Labute approximate surface area is 193 Å². The van der Waals surface area contributed by atoms with Gasteiger partial charge in [0, 0.05) is 26.0 Å². The third kappa shape index (κ3) is 3.76. The van der Waals surface area contributed by atoms with Crippen LogP contribution in [0.3, 0.4) is 0 Å². The van der Waals surface area contributed by atoms with Crippen LogP contribution in [0.4, 0.5) is 4.79 Å². The zero-order valence-corrected chi connectivity index (χ0v) is 18.9. The van der Waals surface area contributed by atoms with E-state index in [1.807, 2.05) is 66.7 Å². The van der Waals surface area contributed by atoms with Gasteiger partial charge < -0.3 is 14.6 Å². The third-order valence-corrected chi connectivity index (χ3v) is 6.61. The normalized spacial score (nSPS) is 15.1. The average molecular weight is 446 g/mol. The Morgan fingerprint density at radius 2 is 1.45 bits per heavy atom. The number of hydrogen-bond acceptors (Lipinski definition) is 4. The fourth-order valence-corrected chi connectivity index (χ4v) is 4.81. The van der Waals surface area contributed by atoms with Crippen molar-refractivity contribution < 1.29 is 24.2 Å². The van der Waals surface area contributed by atoms with Crippen LogP contribution in [0.1, 0.15) is 35.4 Å². The summed E-state index contributed by atoms with van der Waals surface area (Å²) in [6.45, 7) is 1.82. The van der Waals surface area contributed by atoms with Crippen molar-refractivity contribution >= 4 is 12.1 Å². The lowest BCUT2D eigenvalue weighted by molar-refractivity contribution is -0.188. The van der Waals surface area contributed by atoms with Gasteiger partial charge in [0.25, 0.3) is 5.72 Å². The molecular weight excluding hydrogens is 418 g/mol. The number of carbonyl (C=O) groups is 2. The lowest BCUT2D eigenvalue weighted by Crippen LogP contribution is -2.60. The largest absolute Gasteiger partial charge is 0.478 e. The molecule has 0 unspecified atom stereocenters. The number of benzene rings is 3. The van der Waals surface area contributed by atoms with Crippen LogP contribution < -0.4 is 0 Å². The summed E-state index contributed by atoms with van der Waals surface area (Å²) < 4.78 is 11.2. The number of hydrogen-bond donors (Lipinski definition) is 1. The van der Waals surface area contributed by atoms with E-state index in [0.29, 0.717) is 0 Å². The molecule has 2 atom stereocenters. The lowest BCUT2D eigenvalue weighted by atomic mass is 9.88. The molecule has 4 rings (SSSR count). The number of ether oxygens (including phenoxy) is 2. The Morgan fingerprint density at radius 3 is 1.97 bits per heavy atom. The Morgan fingerprint density at radius 1 is 0.939 bits per heavy atom. The number of likely N-dealkylation sites (N-methyl/N-ethyl adjacent to an activating group) is 1. The van der Waals surface area contributed by atoms with E-state index < -0.39 is 23.7 Å². The van der Waals surface area contributed by atoms with Gasteiger partial charge in [-0.1, -0.05) is 85.8 Å². The number of carboxylic acids is 1. The topological polar surface area (TPSA) is 76.1 Å². The molecule has 0 aliphatic heterocycles. The molecule has 0 heterocycles. The summed E-state index contributed by atoms with van der Waals surface area (Å²) in [5.41, 5.74) is 3.23. The van der Waals surface area contributed by atoms with E-state index >= 15 is 0 Å². The van der Waals surface area contributed by atoms with E-state index in [0.717, 1.165) is 32.7 Å². The molecule has 6 nitrogen and oxygen atoms in total. The summed E-state index contributed by atoms with van der Waals surface area (Å²) in [6.07, 6.45) is -0.760. The van der Waals surface area contributed by atoms with Crippen molar-refractivity contribution in [2.24, 2.45) is 0 Å². The highest BCUT2D eigenvalue weighted by atomic mass is 16.6. The molecule has 170 valence electrons. The number of aliphatic carboxylic acids is 1. The second-order valence-electron chi connectivity index (χ2n) is 8.20. The van der Waals surface area contributed by atoms with Crippen molar-refractivity contribution in [3.8, 4) is 11.1 Å². The monoisotopic (exact) mass is 445 g/mol. The number of carboxylic acid groups (broad SMARTS) is 1. The molecule has 1 amide bonds. The van der Waals surface area contributed by atoms with Crippen LogP contribution in [0.5, 0.6) is 0 Å². The minimum atomic E-state index is -1.93. The number of rotatable bonds is 7. The van der Waals surface area contributed by atoms with Gasteiger partial charge in [-0.3, -0.25) is 4.90 Å². The molecule has 1 aliphatic rings. The van der Waals surface area contributed by atoms with Crippen molar-refractivity contribution in [2.75, 3.05) is 20.8 Å². The first-order valence-corrected chi connectivity index (χ1v) is 10.8. The highest BCUT2D eigenvalue weighted by Crippen LogP contribution is 2.44. The van der Waals surface area contributed by atoms with Crippen LogP contribution in [0.15, 0.2) is 78.9 Å². The number of fused-ring (bicyclic) bond motifs is 3. The first-order valence-electron chi connectivity index (χ1n) is 10.8. The lowest BCUT2D eigenvalue weighted by Gasteiger charge is -2.40. The minimum Gasteiger partial charge on any atom is -0.478 e. The average Bonchev–Trinajstić information content (AvgIpc) is 3.17. The summed E-state index contributed by atoms with van der Waals surface area (Å²) >= 11 is 0. The molecule has 0 saturated carbocycles. The molecule has 0 fully saturated rings. The molecule has 0 saturated heterocycles. The van der Waals surface area contributed by atoms with Crippen molar-refractivity contribution in [2.45, 2.75) is 24.5 Å². The van der Waals surface area contributed by atoms with E-state index in [2.05, 4.69) is 12.1 Å². The predicted octanol–water partition coefficient (Wildman–Crippen LogP) is 5.10. The van der Waals surface area contributed by atoms with Crippen LogP contribution in [0.2, 0.25) is 0 Å². The predicted molar refractivity (Wildman–Crippen MR) is 125 cm³/mol. The van der Waals surface area contributed by atoms with Gasteiger partial charge >= 0.3 is 12.1 Å². The highest BCUT2D eigenvalue weighted by molar-refractivity contribution is 5.84. The molecule has 0 spiro atoms. The van der Waals surface area contributed by atoms with Crippen molar-refractivity contribution in [3.63, 3.8) is 0 Å². The van der Waals surface area contributed by atoms with E-state index in [1.54, 1.807) is 6.92 Å². The molecule has 0 aromatic heterocycles. The Hall–Kier alpha value is -3.64. The zero-order valence-electron chi connectivity index (χ0n) is 18.9. The first kappa shape index (κ1) is 22.6. The first-order chi connectivity index (χ1) is 15.9. The summed E-state index contributed by atoms with van der Waals surface area (Å²) in [5.74, 6) is -2.04. The van der Waals surface area contributed by atoms with Gasteiger partial charge in [-0.15, -0.1) is 0 Å². The Kier molecular flexibility index (Phi) is 6.20. The molecule has 1 aliphatic carbocycles. The molecule has 0 radical (unpaired) electrons. The van der Waals surface area contributed by atoms with Gasteiger partial charge in [0.2, 0.25) is 0 Å². The number of methoxy groups -OCH3 is 1. The van der Waals surface area contributed by atoms with Crippen molar-refractivity contribution in [1.82, 2.24) is 4.90 Å². The summed E-state index contributed by atoms with van der Waals surface area (Å²) in [4.78, 5) is 26.6. The number of amides is 1. The minimum absolute atomic E-state index is 0.0936. The fourth-order valence-electron chi connectivity index (χ4n) is 4.81. The molecule has 0 bridgehead atoms. The molecular formula is C27H27NO5. The second kappa shape index (κ2) is 9.08. The van der Waals surface area contributed by atoms with Crippen LogP contribution in [0.25, 0.3) is 11.1 Å². The van der Waals surface area contributed by atoms with Gasteiger partial charge in [-0.25, -0.2) is 9.59 Å². The van der Waals surface area contributed by atoms with Gasteiger partial charge in [0.15, 0.2) is 0 Å². The summed E-state index contributed by atoms with van der Waals surface area (Å²) in [5, 5.41) is 10.1.